The Bertz CT molecular complexity index is 1120. The predicted octanol–water partition coefficient (Wildman–Crippen LogP) is 1.78. The number of hydrogen-bond donors (Lipinski definition) is 4. The first-order chi connectivity index (χ1) is 15.4. The van der Waals surface area contributed by atoms with Gasteiger partial charge in [-0.05, 0) is 43.7 Å². The van der Waals surface area contributed by atoms with Crippen molar-refractivity contribution in [2.45, 2.75) is 31.8 Å². The Balaban J connectivity index is 1.41. The number of nitrogens with one attached hydrogen (secondary N) is 2. The molecule has 0 bridgehead atoms. The molecule has 5 N–H and O–H groups in total. The number of nitrogens with two attached hydrogens (primary N) is 1. The molecule has 1 aliphatic rings. The molecule has 0 aromatic carbocycles. The van der Waals surface area contributed by atoms with Crippen molar-refractivity contribution in [3.63, 3.8) is 0 Å². The highest BCUT2D eigenvalue weighted by atomic mass is 16.3. The Hall–Kier alpha value is -3.73. The Morgan fingerprint density at radius 1 is 1.31 bits per heavy atom. The van der Waals surface area contributed by atoms with Gasteiger partial charge in [-0.15, -0.1) is 0 Å². The van der Waals surface area contributed by atoms with Gasteiger partial charge in [0.25, 0.3) is 11.8 Å². The van der Waals surface area contributed by atoms with E-state index < -0.39 is 11.8 Å². The van der Waals surface area contributed by atoms with Crippen molar-refractivity contribution in [3.8, 4) is 11.5 Å². The van der Waals surface area contributed by atoms with Crippen molar-refractivity contribution in [3.05, 3.63) is 42.2 Å². The van der Waals surface area contributed by atoms with Crippen LogP contribution in [0.15, 0.2) is 35.2 Å². The van der Waals surface area contributed by atoms with Crippen LogP contribution in [0.2, 0.25) is 0 Å². The van der Waals surface area contributed by atoms with Gasteiger partial charge in [-0.3, -0.25) is 14.3 Å². The summed E-state index contributed by atoms with van der Waals surface area (Å²) < 4.78 is 6.87. The number of aliphatic hydroxyl groups is 1. The Morgan fingerprint density at radius 2 is 2.09 bits per heavy atom. The second-order valence-corrected chi connectivity index (χ2v) is 7.91. The molecule has 1 saturated carbocycles. The van der Waals surface area contributed by atoms with Gasteiger partial charge in [0, 0.05) is 31.5 Å². The summed E-state index contributed by atoms with van der Waals surface area (Å²) in [5, 5.41) is 19.5. The third-order valence-corrected chi connectivity index (χ3v) is 5.44. The molecule has 0 atom stereocenters. The molecule has 0 spiro atoms. The summed E-state index contributed by atoms with van der Waals surface area (Å²) in [7, 11) is 1.61. The van der Waals surface area contributed by atoms with Crippen molar-refractivity contribution in [2.24, 2.45) is 18.7 Å². The van der Waals surface area contributed by atoms with Crippen LogP contribution in [0, 0.1) is 5.92 Å². The number of anilines is 2. The van der Waals surface area contributed by atoms with Gasteiger partial charge < -0.3 is 25.9 Å². The molecule has 11 nitrogen and oxygen atoms in total. The van der Waals surface area contributed by atoms with Crippen LogP contribution in [-0.2, 0) is 7.05 Å². The summed E-state index contributed by atoms with van der Waals surface area (Å²) in [5.41, 5.74) is 6.16. The molecular weight excluding hydrogens is 414 g/mol. The lowest BCUT2D eigenvalue weighted by Gasteiger charge is -2.25. The lowest BCUT2D eigenvalue weighted by molar-refractivity contribution is 0.0995. The number of carbonyl (C=O) groups excluding carboxylic acids is 2. The van der Waals surface area contributed by atoms with E-state index in [-0.39, 0.29) is 29.1 Å². The number of amides is 2. The molecule has 0 unspecified atom stereocenters. The molecule has 2 amide bonds. The number of hydrogen-bond acceptors (Lipinski definition) is 8. The number of oxazole rings is 1. The Labute approximate surface area is 184 Å². The lowest BCUT2D eigenvalue weighted by Crippen LogP contribution is -2.23. The van der Waals surface area contributed by atoms with E-state index in [0.29, 0.717) is 17.3 Å². The van der Waals surface area contributed by atoms with Crippen LogP contribution in [0.25, 0.3) is 11.5 Å². The molecule has 0 radical (unpaired) electrons. The molecule has 0 aliphatic heterocycles. The summed E-state index contributed by atoms with van der Waals surface area (Å²) in [6, 6.07) is 3.54. The van der Waals surface area contributed by atoms with Crippen LogP contribution in [0.1, 0.15) is 46.7 Å². The average Bonchev–Trinajstić information content (AvgIpc) is 3.41. The minimum Gasteiger partial charge on any atom is -0.444 e. The normalized spacial score (nSPS) is 18.3. The quantitative estimate of drug-likeness (QED) is 0.433. The number of aromatic nitrogens is 4. The number of rotatable bonds is 7. The van der Waals surface area contributed by atoms with E-state index in [1.54, 1.807) is 25.4 Å². The third-order valence-electron chi connectivity index (χ3n) is 5.44. The number of pyridine rings is 1. The second kappa shape index (κ2) is 9.18. The van der Waals surface area contributed by atoms with Gasteiger partial charge >= 0.3 is 0 Å². The van der Waals surface area contributed by atoms with E-state index in [9.17, 15) is 14.7 Å². The van der Waals surface area contributed by atoms with Crippen LogP contribution < -0.4 is 16.4 Å². The zero-order valence-corrected chi connectivity index (χ0v) is 17.6. The number of primary amides is 1. The fraction of sp³-hybridized carbons (Fsp3) is 0.381. The number of carbonyl (C=O) groups is 2. The smallest absolute Gasteiger partial charge is 0.277 e. The fourth-order valence-electron chi connectivity index (χ4n) is 3.72. The molecule has 168 valence electrons. The van der Waals surface area contributed by atoms with Crippen LogP contribution in [0.4, 0.5) is 11.5 Å². The summed E-state index contributed by atoms with van der Waals surface area (Å²) >= 11 is 0. The van der Waals surface area contributed by atoms with Crippen LogP contribution in [-0.4, -0.2) is 49.3 Å². The van der Waals surface area contributed by atoms with Crippen molar-refractivity contribution in [1.29, 1.82) is 0 Å². The summed E-state index contributed by atoms with van der Waals surface area (Å²) in [6.45, 7) is 0.774. The molecule has 1 aliphatic carbocycles. The topological polar surface area (TPSA) is 161 Å². The van der Waals surface area contributed by atoms with E-state index in [1.807, 2.05) is 0 Å². The van der Waals surface area contributed by atoms with E-state index >= 15 is 0 Å². The van der Waals surface area contributed by atoms with Crippen LogP contribution in [0.3, 0.4) is 0 Å². The monoisotopic (exact) mass is 439 g/mol. The molecule has 4 rings (SSSR count). The van der Waals surface area contributed by atoms with Crippen molar-refractivity contribution < 1.29 is 19.1 Å². The maximum Gasteiger partial charge on any atom is 0.277 e. The minimum absolute atomic E-state index is 0.0399. The highest BCUT2D eigenvalue weighted by Gasteiger charge is 2.20. The second-order valence-electron chi connectivity index (χ2n) is 7.91. The van der Waals surface area contributed by atoms with Crippen molar-refractivity contribution >= 4 is 23.3 Å². The van der Waals surface area contributed by atoms with E-state index in [2.05, 4.69) is 25.7 Å². The van der Waals surface area contributed by atoms with Gasteiger partial charge in [0.15, 0.2) is 11.4 Å². The molecule has 3 heterocycles. The number of aliphatic hydroxyl groups excluding tert-OH is 1. The van der Waals surface area contributed by atoms with Gasteiger partial charge in [0.05, 0.1) is 11.8 Å². The Morgan fingerprint density at radius 3 is 2.84 bits per heavy atom. The zero-order chi connectivity index (χ0) is 22.7. The highest BCUT2D eigenvalue weighted by Crippen LogP contribution is 2.25. The largest absolute Gasteiger partial charge is 0.444 e. The number of aryl methyl sites for hydroxylation is 1. The first kappa shape index (κ1) is 21.5. The van der Waals surface area contributed by atoms with Crippen LogP contribution >= 0.6 is 0 Å². The minimum atomic E-state index is -0.747. The van der Waals surface area contributed by atoms with Crippen LogP contribution in [0.5, 0.6) is 0 Å². The lowest BCUT2D eigenvalue weighted by atomic mass is 9.87. The fourth-order valence-corrected chi connectivity index (χ4v) is 3.72. The van der Waals surface area contributed by atoms with Gasteiger partial charge in [-0.2, -0.15) is 5.10 Å². The van der Waals surface area contributed by atoms with Gasteiger partial charge in [0.2, 0.25) is 5.89 Å². The maximum absolute atomic E-state index is 12.5. The predicted molar refractivity (Wildman–Crippen MR) is 116 cm³/mol. The summed E-state index contributed by atoms with van der Waals surface area (Å²) in [4.78, 5) is 32.6. The summed E-state index contributed by atoms with van der Waals surface area (Å²) in [6.07, 6.45) is 7.83. The molecule has 1 fully saturated rings. The van der Waals surface area contributed by atoms with Gasteiger partial charge in [-0.1, -0.05) is 0 Å². The van der Waals surface area contributed by atoms with E-state index in [1.165, 1.54) is 17.1 Å². The highest BCUT2D eigenvalue weighted by molar-refractivity contribution is 6.07. The SMILES string of the molecule is Cn1cc(NC(=O)c2coc(-c3ccnc(NCC4CCC(O)CC4)c3)n2)c(C(N)=O)n1. The standard InChI is InChI=1S/C21H25N7O4/c1-28-10-15(18(27-28)19(22)30)25-20(31)16-11-32-21(26-16)13-6-7-23-17(8-13)24-9-12-2-4-14(29)5-3-12/h6-8,10-12,14,29H,2-5,9H2,1H3,(H2,22,30)(H,23,24)(H,25,31). The molecule has 3 aromatic rings. The third kappa shape index (κ3) is 4.94. The van der Waals surface area contributed by atoms with Crippen molar-refractivity contribution in [2.75, 3.05) is 17.2 Å². The molecule has 32 heavy (non-hydrogen) atoms. The molecule has 3 aromatic heterocycles. The van der Waals surface area contributed by atoms with Gasteiger partial charge in [-0.25, -0.2) is 9.97 Å². The molecular formula is C21H25N7O4. The first-order valence-corrected chi connectivity index (χ1v) is 10.4. The Kier molecular flexibility index (Phi) is 6.17. The summed E-state index contributed by atoms with van der Waals surface area (Å²) in [5.74, 6) is 0.144. The van der Waals surface area contributed by atoms with E-state index in [4.69, 9.17) is 10.2 Å². The first-order valence-electron chi connectivity index (χ1n) is 10.4. The van der Waals surface area contributed by atoms with E-state index in [0.717, 1.165) is 32.2 Å². The number of nitrogens with zero attached hydrogens (tertiary/aromatic N) is 4. The van der Waals surface area contributed by atoms with Crippen molar-refractivity contribution in [1.82, 2.24) is 19.7 Å². The average molecular weight is 439 g/mol. The zero-order valence-electron chi connectivity index (χ0n) is 17.6. The molecule has 11 heteroatoms. The molecule has 0 saturated heterocycles. The maximum atomic E-state index is 12.5. The van der Waals surface area contributed by atoms with Gasteiger partial charge in [0.1, 0.15) is 12.1 Å².